The monoisotopic (exact) mass is 626 g/mol. The highest BCUT2D eigenvalue weighted by molar-refractivity contribution is 6.86. The maximum atomic E-state index is 8.06. The molecule has 2 aromatic heterocycles. The van der Waals surface area contributed by atoms with Crippen LogP contribution in [0.1, 0.15) is 30.4 Å². The van der Waals surface area contributed by atoms with Crippen molar-refractivity contribution in [3.05, 3.63) is 145 Å². The van der Waals surface area contributed by atoms with Gasteiger partial charge in [-0.05, 0) is 64.5 Å². The number of anilines is 4. The molecule has 5 aromatic carbocycles. The highest BCUT2D eigenvalue weighted by atomic mass is 16.5. The van der Waals surface area contributed by atoms with Crippen LogP contribution in [0.5, 0.6) is 11.5 Å². The van der Waals surface area contributed by atoms with Gasteiger partial charge in [-0.2, -0.15) is 0 Å². The molecule has 6 nitrogen and oxygen atoms in total. The smallest absolute Gasteiger partial charge is 0.422 e. The second-order valence-electron chi connectivity index (χ2n) is 13.4. The minimum absolute atomic E-state index is 0.0573. The number of rotatable bonds is 4. The zero-order valence-corrected chi connectivity index (χ0v) is 26.9. The van der Waals surface area contributed by atoms with E-state index in [2.05, 4.69) is 110 Å². The van der Waals surface area contributed by atoms with Crippen molar-refractivity contribution < 1.29 is 13.4 Å². The van der Waals surface area contributed by atoms with Gasteiger partial charge < -0.3 is 23.5 Å². The Bertz CT molecular complexity index is 2490. The number of fused-ring (bicyclic) bond motifs is 9. The number of nitrogens with zero attached hydrogens (tertiary/aromatic N) is 5. The Balaban J connectivity index is 1.16. The SMILES string of the molecule is [2H]C([2H])([2H])[n+]1[c-]n(-c2cccc(Oc3ccc4c(c3)N(c3cc(C(C)(C)C)ccn3)B3c5ccccc5-c5ccccc5N34)c2)c2ccccc21. The van der Waals surface area contributed by atoms with Crippen LogP contribution in [0, 0.1) is 6.33 Å². The first-order chi connectivity index (χ1) is 24.6. The molecule has 232 valence electrons. The number of pyridine rings is 1. The predicted octanol–water partition coefficient (Wildman–Crippen LogP) is 8.41. The van der Waals surface area contributed by atoms with Crippen LogP contribution in [0.15, 0.2) is 134 Å². The number of hydrogen-bond donors (Lipinski definition) is 0. The van der Waals surface area contributed by atoms with Gasteiger partial charge >= 0.3 is 6.98 Å². The number of hydrogen-bond acceptors (Lipinski definition) is 4. The zero-order chi connectivity index (χ0) is 35.1. The molecule has 0 spiro atoms. The normalized spacial score (nSPS) is 14.5. The molecule has 0 N–H and O–H groups in total. The molecule has 7 aromatic rings. The molecule has 48 heavy (non-hydrogen) atoms. The minimum Gasteiger partial charge on any atom is -0.458 e. The quantitative estimate of drug-likeness (QED) is 0.112. The van der Waals surface area contributed by atoms with Gasteiger partial charge in [-0.3, -0.25) is 0 Å². The molecule has 0 fully saturated rings. The van der Waals surface area contributed by atoms with E-state index in [0.29, 0.717) is 17.0 Å². The van der Waals surface area contributed by atoms with Crippen molar-refractivity contribution in [3.63, 3.8) is 0 Å². The fourth-order valence-corrected chi connectivity index (χ4v) is 7.10. The fraction of sp³-hybridized carbons (Fsp3) is 0.122. The first-order valence-electron chi connectivity index (χ1n) is 17.7. The molecule has 2 aliphatic rings. The maximum Gasteiger partial charge on any atom is 0.422 e. The summed E-state index contributed by atoms with van der Waals surface area (Å²) in [7, 11) is 0. The molecule has 0 saturated heterocycles. The third kappa shape index (κ3) is 4.42. The van der Waals surface area contributed by atoms with E-state index < -0.39 is 6.98 Å². The van der Waals surface area contributed by atoms with Crippen LogP contribution in [0.25, 0.3) is 27.8 Å². The molecule has 9 rings (SSSR count). The van der Waals surface area contributed by atoms with Gasteiger partial charge in [0, 0.05) is 23.5 Å². The van der Waals surface area contributed by atoms with Crippen molar-refractivity contribution in [2.24, 2.45) is 6.98 Å². The first kappa shape index (κ1) is 25.3. The van der Waals surface area contributed by atoms with Crippen LogP contribution in [0.3, 0.4) is 0 Å². The van der Waals surface area contributed by atoms with Crippen molar-refractivity contribution in [2.75, 3.05) is 9.62 Å². The number of aryl methyl sites for hydroxylation is 1. The van der Waals surface area contributed by atoms with Crippen LogP contribution >= 0.6 is 0 Å². The summed E-state index contributed by atoms with van der Waals surface area (Å²) in [5.74, 6) is 2.15. The summed E-state index contributed by atoms with van der Waals surface area (Å²) in [4.78, 5) is 9.71. The van der Waals surface area contributed by atoms with E-state index in [0.717, 1.165) is 34.1 Å². The highest BCUT2D eigenvalue weighted by Gasteiger charge is 2.48. The van der Waals surface area contributed by atoms with E-state index in [9.17, 15) is 0 Å². The lowest BCUT2D eigenvalue weighted by atomic mass is 9.59. The summed E-state index contributed by atoms with van der Waals surface area (Å²) in [5.41, 5.74) is 10.00. The molecule has 0 saturated carbocycles. The van der Waals surface area contributed by atoms with E-state index >= 15 is 0 Å². The third-order valence-electron chi connectivity index (χ3n) is 9.38. The molecule has 7 heteroatoms. The van der Waals surface area contributed by atoms with Crippen molar-refractivity contribution in [1.29, 1.82) is 0 Å². The molecular formula is C41H34BN5O. The van der Waals surface area contributed by atoms with E-state index in [4.69, 9.17) is 13.8 Å². The van der Waals surface area contributed by atoms with Crippen molar-refractivity contribution in [2.45, 2.75) is 26.2 Å². The largest absolute Gasteiger partial charge is 0.458 e. The molecule has 0 atom stereocenters. The lowest BCUT2D eigenvalue weighted by Gasteiger charge is -2.36. The zero-order valence-electron chi connectivity index (χ0n) is 29.9. The Labute approximate surface area is 285 Å². The average molecular weight is 627 g/mol. The van der Waals surface area contributed by atoms with Crippen LogP contribution in [0.2, 0.25) is 0 Å². The summed E-state index contributed by atoms with van der Waals surface area (Å²) in [5, 5.41) is 0. The maximum absolute atomic E-state index is 8.06. The third-order valence-corrected chi connectivity index (χ3v) is 9.38. The standard InChI is InChI=1S/C41H34BN5O/c1-41(2,3)28-22-23-43-40(24-28)47-39-26-31(48-30-13-11-12-29(25-30)45-27-44(4)36-18-9-10-19-37(36)45)20-21-38(39)46-35-17-8-6-15-33(35)32-14-5-7-16-34(32)42(46)47/h5-26H,1-4H3/i4D3. The number of benzene rings is 5. The molecular weight excluding hydrogens is 589 g/mol. The highest BCUT2D eigenvalue weighted by Crippen LogP contribution is 2.52. The summed E-state index contributed by atoms with van der Waals surface area (Å²) in [6.07, 6.45) is 4.96. The summed E-state index contributed by atoms with van der Waals surface area (Å²) in [6, 6.07) is 42.8. The van der Waals surface area contributed by atoms with Gasteiger partial charge in [0.05, 0.1) is 39.2 Å². The Morgan fingerprint density at radius 1 is 0.729 bits per heavy atom. The van der Waals surface area contributed by atoms with Crippen LogP contribution < -0.4 is 24.4 Å². The van der Waals surface area contributed by atoms with Gasteiger partial charge in [0.15, 0.2) is 0 Å². The van der Waals surface area contributed by atoms with Crippen LogP contribution in [-0.2, 0) is 12.4 Å². The number of para-hydroxylation sites is 3. The first-order valence-corrected chi connectivity index (χ1v) is 16.2. The molecule has 0 unspecified atom stereocenters. The summed E-state index contributed by atoms with van der Waals surface area (Å²) < 4.78 is 33.7. The molecule has 0 aliphatic carbocycles. The van der Waals surface area contributed by atoms with Gasteiger partial charge in [0.1, 0.15) is 17.3 Å². The molecule has 2 aliphatic heterocycles. The Morgan fingerprint density at radius 2 is 1.52 bits per heavy atom. The van der Waals surface area contributed by atoms with E-state index in [1.807, 2.05) is 54.7 Å². The topological polar surface area (TPSA) is 37.4 Å². The average Bonchev–Trinajstić information content (AvgIpc) is 3.69. The van der Waals surface area contributed by atoms with E-state index in [-0.39, 0.29) is 12.4 Å². The van der Waals surface area contributed by atoms with Crippen molar-refractivity contribution >= 4 is 46.4 Å². The summed E-state index contributed by atoms with van der Waals surface area (Å²) in [6.45, 7) is 4.14. The number of ether oxygens (including phenoxy) is 1. The lowest BCUT2D eigenvalue weighted by molar-refractivity contribution is -0.649. The van der Waals surface area contributed by atoms with Crippen LogP contribution in [-0.4, -0.2) is 16.5 Å². The van der Waals surface area contributed by atoms with Gasteiger partial charge in [-0.1, -0.05) is 99.6 Å². The van der Waals surface area contributed by atoms with Gasteiger partial charge in [0.2, 0.25) is 6.33 Å². The second kappa shape index (κ2) is 10.6. The van der Waals surface area contributed by atoms with Crippen LogP contribution in [0.4, 0.5) is 22.9 Å². The lowest BCUT2D eigenvalue weighted by Crippen LogP contribution is -2.55. The van der Waals surface area contributed by atoms with Gasteiger partial charge in [-0.15, -0.1) is 0 Å². The van der Waals surface area contributed by atoms with Gasteiger partial charge in [0.25, 0.3) is 0 Å². The molecule has 4 heterocycles. The van der Waals surface area contributed by atoms with E-state index in [1.54, 1.807) is 10.6 Å². The number of imidazole rings is 1. The Kier molecular flexibility index (Phi) is 5.59. The Morgan fingerprint density at radius 3 is 2.40 bits per heavy atom. The molecule has 0 bridgehead atoms. The molecule has 0 radical (unpaired) electrons. The van der Waals surface area contributed by atoms with Gasteiger partial charge in [-0.25, -0.2) is 4.98 Å². The molecule has 0 amide bonds. The summed E-state index contributed by atoms with van der Waals surface area (Å²) >= 11 is 0. The fourth-order valence-electron chi connectivity index (χ4n) is 7.10. The van der Waals surface area contributed by atoms with Crippen molar-refractivity contribution in [1.82, 2.24) is 9.55 Å². The second-order valence-corrected chi connectivity index (χ2v) is 13.4. The van der Waals surface area contributed by atoms with Crippen molar-refractivity contribution in [3.8, 4) is 28.3 Å². The van der Waals surface area contributed by atoms with E-state index in [1.165, 1.54) is 26.7 Å². The predicted molar refractivity (Wildman–Crippen MR) is 194 cm³/mol. The Hall–Kier alpha value is -5.82. The minimum atomic E-state index is -2.37. The number of aromatic nitrogens is 3.